The first-order chi connectivity index (χ1) is 6.34. The third-order valence-corrected chi connectivity index (χ3v) is 1.60. The lowest BCUT2D eigenvalue weighted by Crippen LogP contribution is -2.21. The van der Waals surface area contributed by atoms with Crippen LogP contribution in [0.1, 0.15) is 22.2 Å². The number of rotatable bonds is 2. The van der Waals surface area contributed by atoms with Crippen LogP contribution in [-0.2, 0) is 0 Å². The predicted octanol–water partition coefficient (Wildman–Crippen LogP) is 1.31. The van der Waals surface area contributed by atoms with Crippen molar-refractivity contribution in [3.8, 4) is 0 Å². The number of halogens is 3. The topological polar surface area (TPSA) is 73.3 Å². The number of carboxylic acid groups (broad SMARTS) is 1. The summed E-state index contributed by atoms with van der Waals surface area (Å²) in [5.41, 5.74) is -1.35. The molecule has 0 saturated heterocycles. The Morgan fingerprint density at radius 1 is 1.50 bits per heavy atom. The van der Waals surface area contributed by atoms with E-state index >= 15 is 0 Å². The van der Waals surface area contributed by atoms with E-state index in [0.717, 1.165) is 12.3 Å². The van der Waals surface area contributed by atoms with Gasteiger partial charge >= 0.3 is 12.1 Å². The average molecular weight is 209 g/mol. The third-order valence-electron chi connectivity index (χ3n) is 1.60. The van der Waals surface area contributed by atoms with Gasteiger partial charge in [-0.3, -0.25) is 0 Å². The number of aliphatic hydroxyl groups excluding tert-OH is 1. The van der Waals surface area contributed by atoms with Crippen LogP contribution in [0.4, 0.5) is 13.2 Å². The van der Waals surface area contributed by atoms with Crippen molar-refractivity contribution in [1.82, 2.24) is 4.98 Å². The summed E-state index contributed by atoms with van der Waals surface area (Å²) >= 11 is 0. The highest BCUT2D eigenvalue weighted by molar-refractivity contribution is 5.87. The van der Waals surface area contributed by atoms with Crippen LogP contribution in [0.25, 0.3) is 0 Å². The van der Waals surface area contributed by atoms with E-state index in [1.54, 1.807) is 0 Å². The number of hydrogen-bond acceptors (Lipinski definition) is 2. The van der Waals surface area contributed by atoms with E-state index in [2.05, 4.69) is 4.98 Å². The number of carbonyl (C=O) groups is 1. The Morgan fingerprint density at radius 3 is 2.50 bits per heavy atom. The van der Waals surface area contributed by atoms with Gasteiger partial charge in [-0.2, -0.15) is 13.2 Å². The van der Waals surface area contributed by atoms with Crippen LogP contribution in [0.15, 0.2) is 12.3 Å². The van der Waals surface area contributed by atoms with E-state index in [4.69, 9.17) is 10.2 Å². The monoisotopic (exact) mass is 209 g/mol. The van der Waals surface area contributed by atoms with Gasteiger partial charge in [0.05, 0.1) is 0 Å². The van der Waals surface area contributed by atoms with Gasteiger partial charge in [-0.05, 0) is 6.07 Å². The molecule has 0 bridgehead atoms. The molecule has 0 aliphatic carbocycles. The molecular weight excluding hydrogens is 203 g/mol. The van der Waals surface area contributed by atoms with Gasteiger partial charge in [0.2, 0.25) is 0 Å². The summed E-state index contributed by atoms with van der Waals surface area (Å²) in [6.45, 7) is 0. The fourth-order valence-corrected chi connectivity index (χ4v) is 0.971. The molecule has 1 unspecified atom stereocenters. The normalized spacial score (nSPS) is 14.0. The van der Waals surface area contributed by atoms with Crippen LogP contribution in [0.3, 0.4) is 0 Å². The molecule has 0 aromatic carbocycles. The SMILES string of the molecule is O=C(O)c1[nH]ccc1C(O)C(F)(F)F. The van der Waals surface area contributed by atoms with Crippen LogP contribution in [0, 0.1) is 0 Å². The molecule has 1 aromatic rings. The Labute approximate surface area is 76.0 Å². The lowest BCUT2D eigenvalue weighted by Gasteiger charge is -2.13. The second kappa shape index (κ2) is 3.33. The van der Waals surface area contributed by atoms with E-state index in [9.17, 15) is 18.0 Å². The number of carboxylic acids is 1. The molecule has 78 valence electrons. The number of aliphatic hydroxyl groups is 1. The zero-order valence-electron chi connectivity index (χ0n) is 6.67. The average Bonchev–Trinajstić information content (AvgIpc) is 2.48. The highest BCUT2D eigenvalue weighted by Crippen LogP contribution is 2.33. The Balaban J connectivity index is 3.07. The molecule has 0 amide bonds. The summed E-state index contributed by atoms with van der Waals surface area (Å²) < 4.78 is 36.0. The Morgan fingerprint density at radius 2 is 2.07 bits per heavy atom. The van der Waals surface area contributed by atoms with Gasteiger partial charge in [-0.15, -0.1) is 0 Å². The molecule has 1 rings (SSSR count). The summed E-state index contributed by atoms with van der Waals surface area (Å²) in [5.74, 6) is -1.55. The van der Waals surface area contributed by atoms with Crippen molar-refractivity contribution >= 4 is 5.97 Å². The number of nitrogens with one attached hydrogen (secondary N) is 1. The largest absolute Gasteiger partial charge is 0.477 e. The van der Waals surface area contributed by atoms with Crippen molar-refractivity contribution in [3.05, 3.63) is 23.5 Å². The van der Waals surface area contributed by atoms with Crippen molar-refractivity contribution in [2.45, 2.75) is 12.3 Å². The fraction of sp³-hybridized carbons (Fsp3) is 0.286. The summed E-state index contributed by atoms with van der Waals surface area (Å²) in [4.78, 5) is 12.5. The molecule has 0 aliphatic rings. The molecule has 4 nitrogen and oxygen atoms in total. The van der Waals surface area contributed by atoms with E-state index < -0.39 is 29.5 Å². The molecule has 0 radical (unpaired) electrons. The summed E-state index contributed by atoms with van der Waals surface area (Å²) in [6.07, 6.45) is -6.63. The zero-order valence-corrected chi connectivity index (χ0v) is 6.67. The molecule has 3 N–H and O–H groups in total. The van der Waals surface area contributed by atoms with Crippen molar-refractivity contribution in [1.29, 1.82) is 0 Å². The maximum absolute atomic E-state index is 12.0. The number of hydrogen-bond donors (Lipinski definition) is 3. The van der Waals surface area contributed by atoms with E-state index in [1.807, 2.05) is 0 Å². The molecule has 7 heteroatoms. The minimum atomic E-state index is -4.87. The maximum Gasteiger partial charge on any atom is 0.418 e. The van der Waals surface area contributed by atoms with E-state index in [1.165, 1.54) is 0 Å². The van der Waals surface area contributed by atoms with Crippen LogP contribution in [0.2, 0.25) is 0 Å². The molecule has 0 aliphatic heterocycles. The molecular formula is C7H6F3NO3. The van der Waals surface area contributed by atoms with Crippen molar-refractivity contribution in [2.24, 2.45) is 0 Å². The van der Waals surface area contributed by atoms with E-state index in [-0.39, 0.29) is 0 Å². The molecule has 1 aromatic heterocycles. The van der Waals surface area contributed by atoms with Crippen molar-refractivity contribution in [2.75, 3.05) is 0 Å². The first-order valence-electron chi connectivity index (χ1n) is 3.49. The Hall–Kier alpha value is -1.50. The van der Waals surface area contributed by atoms with E-state index in [0.29, 0.717) is 0 Å². The number of aromatic nitrogens is 1. The van der Waals surface area contributed by atoms with Crippen molar-refractivity contribution < 1.29 is 28.2 Å². The predicted molar refractivity (Wildman–Crippen MR) is 38.8 cm³/mol. The standard InChI is InChI=1S/C7H6F3NO3/c8-7(9,10)5(12)3-1-2-11-4(3)6(13)14/h1-2,5,11-12H,(H,13,14). The molecule has 1 atom stereocenters. The van der Waals surface area contributed by atoms with Crippen molar-refractivity contribution in [3.63, 3.8) is 0 Å². The van der Waals surface area contributed by atoms with Crippen LogP contribution in [-0.4, -0.2) is 27.3 Å². The van der Waals surface area contributed by atoms with Gasteiger partial charge < -0.3 is 15.2 Å². The quantitative estimate of drug-likeness (QED) is 0.687. The number of aromatic carboxylic acids is 1. The van der Waals surface area contributed by atoms with Crippen LogP contribution >= 0.6 is 0 Å². The highest BCUT2D eigenvalue weighted by atomic mass is 19.4. The summed E-state index contributed by atoms with van der Waals surface area (Å²) in [6, 6.07) is 0.877. The zero-order chi connectivity index (χ0) is 10.9. The highest BCUT2D eigenvalue weighted by Gasteiger charge is 2.41. The fourth-order valence-electron chi connectivity index (χ4n) is 0.971. The second-order valence-corrected chi connectivity index (χ2v) is 2.56. The first-order valence-corrected chi connectivity index (χ1v) is 3.49. The second-order valence-electron chi connectivity index (χ2n) is 2.56. The maximum atomic E-state index is 12.0. The minimum absolute atomic E-state index is 0.658. The molecule has 0 fully saturated rings. The van der Waals surface area contributed by atoms with Crippen LogP contribution in [0.5, 0.6) is 0 Å². The van der Waals surface area contributed by atoms with Gasteiger partial charge in [-0.25, -0.2) is 4.79 Å². The lowest BCUT2D eigenvalue weighted by atomic mass is 10.1. The van der Waals surface area contributed by atoms with Crippen LogP contribution < -0.4 is 0 Å². The Kier molecular flexibility index (Phi) is 2.52. The number of alkyl halides is 3. The number of H-pyrrole nitrogens is 1. The molecule has 1 heterocycles. The van der Waals surface area contributed by atoms with Gasteiger partial charge in [0, 0.05) is 11.8 Å². The van der Waals surface area contributed by atoms with Gasteiger partial charge in [0.15, 0.2) is 6.10 Å². The third kappa shape index (κ3) is 1.87. The molecule has 0 spiro atoms. The molecule has 14 heavy (non-hydrogen) atoms. The first kappa shape index (κ1) is 10.6. The van der Waals surface area contributed by atoms with Gasteiger partial charge in [0.1, 0.15) is 5.69 Å². The summed E-state index contributed by atoms with van der Waals surface area (Å²) in [7, 11) is 0. The number of aromatic amines is 1. The summed E-state index contributed by atoms with van der Waals surface area (Å²) in [5, 5.41) is 17.2. The lowest BCUT2D eigenvalue weighted by molar-refractivity contribution is -0.206. The minimum Gasteiger partial charge on any atom is -0.477 e. The van der Waals surface area contributed by atoms with Gasteiger partial charge in [0.25, 0.3) is 0 Å². The Bertz CT molecular complexity index is 344. The smallest absolute Gasteiger partial charge is 0.418 e. The van der Waals surface area contributed by atoms with Gasteiger partial charge in [-0.1, -0.05) is 0 Å². The molecule has 0 saturated carbocycles.